The van der Waals surface area contributed by atoms with Gasteiger partial charge in [-0.25, -0.2) is 4.98 Å². The Balaban J connectivity index is 2.77. The topological polar surface area (TPSA) is 17.3 Å². The molecular formula is C11H13ClN2. The molecule has 0 radical (unpaired) electrons. The lowest BCUT2D eigenvalue weighted by Gasteiger charge is -2.03. The number of halogens is 1. The van der Waals surface area contributed by atoms with Crippen molar-refractivity contribution in [3.8, 4) is 0 Å². The van der Waals surface area contributed by atoms with E-state index in [0.29, 0.717) is 11.1 Å². The van der Waals surface area contributed by atoms with Crippen LogP contribution < -0.4 is 0 Å². The van der Waals surface area contributed by atoms with E-state index in [4.69, 9.17) is 11.6 Å². The normalized spacial score (nSPS) is 11.5. The highest BCUT2D eigenvalue weighted by molar-refractivity contribution is 6.32. The summed E-state index contributed by atoms with van der Waals surface area (Å²) in [7, 11) is 0. The third-order valence-electron chi connectivity index (χ3n) is 2.30. The van der Waals surface area contributed by atoms with Crippen molar-refractivity contribution in [2.45, 2.75) is 26.7 Å². The number of fused-ring (bicyclic) bond motifs is 1. The molecule has 0 bridgehead atoms. The van der Waals surface area contributed by atoms with E-state index in [1.54, 1.807) is 0 Å². The van der Waals surface area contributed by atoms with Crippen molar-refractivity contribution in [1.82, 2.24) is 9.38 Å². The van der Waals surface area contributed by atoms with Gasteiger partial charge in [-0.3, -0.25) is 0 Å². The van der Waals surface area contributed by atoms with Gasteiger partial charge in [0.05, 0.1) is 5.52 Å². The zero-order valence-electron chi connectivity index (χ0n) is 8.58. The molecule has 0 amide bonds. The summed E-state index contributed by atoms with van der Waals surface area (Å²) >= 11 is 6.06. The fourth-order valence-electron chi connectivity index (χ4n) is 1.58. The molecule has 0 saturated carbocycles. The van der Waals surface area contributed by atoms with Crippen molar-refractivity contribution < 1.29 is 0 Å². The minimum Gasteiger partial charge on any atom is -0.302 e. The fourth-order valence-corrected chi connectivity index (χ4v) is 1.82. The Morgan fingerprint density at radius 3 is 2.79 bits per heavy atom. The summed E-state index contributed by atoms with van der Waals surface area (Å²) in [4.78, 5) is 4.36. The van der Waals surface area contributed by atoms with E-state index in [0.717, 1.165) is 11.3 Å². The summed E-state index contributed by atoms with van der Waals surface area (Å²) in [6.07, 6.45) is 2.03. The van der Waals surface area contributed by atoms with Crippen LogP contribution in [0.25, 0.3) is 5.52 Å². The molecule has 0 atom stereocenters. The molecule has 74 valence electrons. The molecule has 0 aromatic carbocycles. The van der Waals surface area contributed by atoms with Crippen LogP contribution in [-0.4, -0.2) is 9.38 Å². The van der Waals surface area contributed by atoms with E-state index in [1.165, 1.54) is 5.56 Å². The van der Waals surface area contributed by atoms with Gasteiger partial charge in [-0.15, -0.1) is 0 Å². The van der Waals surface area contributed by atoms with Gasteiger partial charge in [0.15, 0.2) is 5.15 Å². The first-order valence-electron chi connectivity index (χ1n) is 4.73. The Bertz CT molecular complexity index is 471. The molecule has 2 nitrogen and oxygen atoms in total. The number of aromatic nitrogens is 2. The standard InChI is InChI=1S/C11H13ClN2/c1-7(2)11-13-10(12)9-6-8(3)4-5-14(9)11/h4-7H,1-3H3. The van der Waals surface area contributed by atoms with Crippen LogP contribution in [0.2, 0.25) is 5.15 Å². The SMILES string of the molecule is Cc1ccn2c(C(C)C)nc(Cl)c2c1. The summed E-state index contributed by atoms with van der Waals surface area (Å²) in [5.41, 5.74) is 2.20. The van der Waals surface area contributed by atoms with Gasteiger partial charge in [0.25, 0.3) is 0 Å². The summed E-state index contributed by atoms with van der Waals surface area (Å²) in [5.74, 6) is 1.41. The van der Waals surface area contributed by atoms with E-state index in [2.05, 4.69) is 42.3 Å². The van der Waals surface area contributed by atoms with E-state index in [1.807, 2.05) is 6.20 Å². The van der Waals surface area contributed by atoms with Gasteiger partial charge < -0.3 is 4.40 Å². The summed E-state index contributed by atoms with van der Waals surface area (Å²) in [6, 6.07) is 4.12. The smallest absolute Gasteiger partial charge is 0.155 e. The molecule has 0 saturated heterocycles. The Labute approximate surface area is 88.5 Å². The quantitative estimate of drug-likeness (QED) is 0.702. The van der Waals surface area contributed by atoms with Crippen molar-refractivity contribution in [3.05, 3.63) is 34.9 Å². The first kappa shape index (κ1) is 9.53. The van der Waals surface area contributed by atoms with Crippen molar-refractivity contribution >= 4 is 17.1 Å². The van der Waals surface area contributed by atoms with Crippen LogP contribution in [0, 0.1) is 6.92 Å². The van der Waals surface area contributed by atoms with Gasteiger partial charge in [0, 0.05) is 12.1 Å². The largest absolute Gasteiger partial charge is 0.302 e. The lowest BCUT2D eigenvalue weighted by molar-refractivity contribution is 0.770. The second-order valence-corrected chi connectivity index (χ2v) is 4.23. The summed E-state index contributed by atoms with van der Waals surface area (Å²) in [5, 5.41) is 0.595. The van der Waals surface area contributed by atoms with Crippen molar-refractivity contribution in [3.63, 3.8) is 0 Å². The zero-order chi connectivity index (χ0) is 10.3. The van der Waals surface area contributed by atoms with Gasteiger partial charge in [0.2, 0.25) is 0 Å². The maximum atomic E-state index is 6.06. The number of nitrogens with zero attached hydrogens (tertiary/aromatic N) is 2. The molecule has 0 aliphatic carbocycles. The van der Waals surface area contributed by atoms with Crippen molar-refractivity contribution in [2.24, 2.45) is 0 Å². The van der Waals surface area contributed by atoms with Gasteiger partial charge in [-0.2, -0.15) is 0 Å². The van der Waals surface area contributed by atoms with Crippen LogP contribution in [-0.2, 0) is 0 Å². The molecule has 2 heterocycles. The molecule has 0 aliphatic rings. The molecular weight excluding hydrogens is 196 g/mol. The highest BCUT2D eigenvalue weighted by Gasteiger charge is 2.11. The average Bonchev–Trinajstić information content (AvgIpc) is 2.44. The molecule has 3 heteroatoms. The number of hydrogen-bond donors (Lipinski definition) is 0. The fraction of sp³-hybridized carbons (Fsp3) is 0.364. The minimum atomic E-state index is 0.387. The Morgan fingerprint density at radius 2 is 2.14 bits per heavy atom. The maximum Gasteiger partial charge on any atom is 0.155 e. The van der Waals surface area contributed by atoms with Gasteiger partial charge in [-0.05, 0) is 24.6 Å². The maximum absolute atomic E-state index is 6.06. The number of pyridine rings is 1. The Kier molecular flexibility index (Phi) is 2.23. The van der Waals surface area contributed by atoms with Crippen molar-refractivity contribution in [1.29, 1.82) is 0 Å². The van der Waals surface area contributed by atoms with Crippen LogP contribution in [0.15, 0.2) is 18.3 Å². The van der Waals surface area contributed by atoms with Crippen LogP contribution in [0.4, 0.5) is 0 Å². The second kappa shape index (κ2) is 3.28. The average molecular weight is 209 g/mol. The van der Waals surface area contributed by atoms with Crippen LogP contribution in [0.1, 0.15) is 31.2 Å². The molecule has 2 aromatic heterocycles. The first-order chi connectivity index (χ1) is 6.59. The third kappa shape index (κ3) is 1.40. The molecule has 0 aliphatic heterocycles. The number of rotatable bonds is 1. The molecule has 0 spiro atoms. The van der Waals surface area contributed by atoms with Gasteiger partial charge in [0.1, 0.15) is 5.82 Å². The summed E-state index contributed by atoms with van der Waals surface area (Å²) < 4.78 is 2.06. The highest BCUT2D eigenvalue weighted by Crippen LogP contribution is 2.23. The van der Waals surface area contributed by atoms with E-state index in [9.17, 15) is 0 Å². The molecule has 2 rings (SSSR count). The zero-order valence-corrected chi connectivity index (χ0v) is 9.34. The monoisotopic (exact) mass is 208 g/mol. The molecule has 0 fully saturated rings. The van der Waals surface area contributed by atoms with Gasteiger partial charge in [-0.1, -0.05) is 25.4 Å². The van der Waals surface area contributed by atoms with E-state index in [-0.39, 0.29) is 0 Å². The number of imidazole rings is 1. The molecule has 14 heavy (non-hydrogen) atoms. The lowest BCUT2D eigenvalue weighted by atomic mass is 10.2. The van der Waals surface area contributed by atoms with Crippen LogP contribution in [0.3, 0.4) is 0 Å². The van der Waals surface area contributed by atoms with E-state index < -0.39 is 0 Å². The minimum absolute atomic E-state index is 0.387. The van der Waals surface area contributed by atoms with Crippen molar-refractivity contribution in [2.75, 3.05) is 0 Å². The molecule has 0 N–H and O–H groups in total. The Morgan fingerprint density at radius 1 is 1.43 bits per heavy atom. The predicted octanol–water partition coefficient (Wildman–Crippen LogP) is 3.42. The van der Waals surface area contributed by atoms with Crippen LogP contribution in [0.5, 0.6) is 0 Å². The first-order valence-corrected chi connectivity index (χ1v) is 5.11. The lowest BCUT2D eigenvalue weighted by Crippen LogP contribution is -1.96. The van der Waals surface area contributed by atoms with Crippen LogP contribution >= 0.6 is 11.6 Å². The molecule has 0 unspecified atom stereocenters. The van der Waals surface area contributed by atoms with E-state index >= 15 is 0 Å². The third-order valence-corrected chi connectivity index (χ3v) is 2.58. The second-order valence-electron chi connectivity index (χ2n) is 3.87. The summed E-state index contributed by atoms with van der Waals surface area (Å²) in [6.45, 7) is 6.29. The number of hydrogen-bond acceptors (Lipinski definition) is 1. The Hall–Kier alpha value is -1.02. The predicted molar refractivity (Wildman–Crippen MR) is 59.0 cm³/mol. The number of aryl methyl sites for hydroxylation is 1. The van der Waals surface area contributed by atoms with Gasteiger partial charge >= 0.3 is 0 Å². The molecule has 2 aromatic rings. The highest BCUT2D eigenvalue weighted by atomic mass is 35.5.